The average Bonchev–Trinajstić information content (AvgIpc) is 2.72. The second-order valence-electron chi connectivity index (χ2n) is 7.82. The Labute approximate surface area is 161 Å². The van der Waals surface area contributed by atoms with Crippen molar-refractivity contribution < 1.29 is 14.6 Å². The van der Waals surface area contributed by atoms with Gasteiger partial charge in [0.2, 0.25) is 0 Å². The van der Waals surface area contributed by atoms with Gasteiger partial charge in [0.1, 0.15) is 6.61 Å². The first-order chi connectivity index (χ1) is 13.2. The van der Waals surface area contributed by atoms with Crippen LogP contribution in [0.3, 0.4) is 0 Å². The lowest BCUT2D eigenvalue weighted by Crippen LogP contribution is -2.53. The van der Waals surface area contributed by atoms with Gasteiger partial charge in [0.25, 0.3) is 0 Å². The van der Waals surface area contributed by atoms with Gasteiger partial charge in [0.05, 0.1) is 12.7 Å². The predicted molar refractivity (Wildman–Crippen MR) is 106 cm³/mol. The lowest BCUT2D eigenvalue weighted by Gasteiger charge is -2.48. The number of fused-ring (bicyclic) bond motifs is 1. The number of ether oxygens (including phenoxy) is 2. The van der Waals surface area contributed by atoms with E-state index in [2.05, 4.69) is 29.6 Å². The summed E-state index contributed by atoms with van der Waals surface area (Å²) in [6.07, 6.45) is 5.17. The standard InChI is InChI=1S/C23H29NO3/c1-26-21-15-18(10-11-20(21)27-16-17-7-3-2-4-8-17)22-19-9-5-6-12-23(19,25)13-14-24-22/h2-4,7-8,10-11,15,19,22,24-25H,5-6,9,12-14,16H2,1H3/t19-,22+,23-/m1/s1. The van der Waals surface area contributed by atoms with E-state index < -0.39 is 5.60 Å². The first-order valence-electron chi connectivity index (χ1n) is 10.00. The summed E-state index contributed by atoms with van der Waals surface area (Å²) < 4.78 is 11.6. The molecule has 1 aliphatic heterocycles. The molecule has 2 fully saturated rings. The Morgan fingerprint density at radius 1 is 1.07 bits per heavy atom. The summed E-state index contributed by atoms with van der Waals surface area (Å²) in [5.74, 6) is 1.76. The van der Waals surface area contributed by atoms with Gasteiger partial charge in [0.15, 0.2) is 11.5 Å². The molecule has 0 bridgehead atoms. The Morgan fingerprint density at radius 3 is 2.74 bits per heavy atom. The summed E-state index contributed by atoms with van der Waals surface area (Å²) in [6.45, 7) is 1.37. The Balaban J connectivity index is 1.53. The quantitative estimate of drug-likeness (QED) is 0.830. The van der Waals surface area contributed by atoms with Crippen LogP contribution in [0.5, 0.6) is 11.5 Å². The number of hydrogen-bond acceptors (Lipinski definition) is 4. The average molecular weight is 367 g/mol. The van der Waals surface area contributed by atoms with Crippen molar-refractivity contribution in [3.63, 3.8) is 0 Å². The molecule has 2 N–H and O–H groups in total. The lowest BCUT2D eigenvalue weighted by molar-refractivity contribution is -0.0861. The predicted octanol–water partition coefficient (Wildman–Crippen LogP) is 4.23. The molecule has 0 unspecified atom stereocenters. The van der Waals surface area contributed by atoms with E-state index in [1.54, 1.807) is 7.11 Å². The summed E-state index contributed by atoms with van der Waals surface area (Å²) in [5.41, 5.74) is 1.78. The molecule has 144 valence electrons. The van der Waals surface area contributed by atoms with Crippen molar-refractivity contribution in [3.8, 4) is 11.5 Å². The molecule has 4 heteroatoms. The highest BCUT2D eigenvalue weighted by molar-refractivity contribution is 5.44. The van der Waals surface area contributed by atoms with Crippen LogP contribution in [0.4, 0.5) is 0 Å². The maximum absolute atomic E-state index is 11.1. The van der Waals surface area contributed by atoms with E-state index in [4.69, 9.17) is 9.47 Å². The molecule has 27 heavy (non-hydrogen) atoms. The van der Waals surface area contributed by atoms with E-state index in [1.807, 2.05) is 24.3 Å². The largest absolute Gasteiger partial charge is 0.493 e. The second kappa shape index (κ2) is 7.91. The number of methoxy groups -OCH3 is 1. The summed E-state index contributed by atoms with van der Waals surface area (Å²) >= 11 is 0. The Morgan fingerprint density at radius 2 is 1.93 bits per heavy atom. The monoisotopic (exact) mass is 367 g/mol. The molecule has 4 rings (SSSR count). The molecule has 0 amide bonds. The zero-order valence-corrected chi connectivity index (χ0v) is 16.0. The van der Waals surface area contributed by atoms with Crippen LogP contribution in [-0.2, 0) is 6.61 Å². The van der Waals surface area contributed by atoms with Gasteiger partial charge < -0.3 is 19.9 Å². The third kappa shape index (κ3) is 3.83. The van der Waals surface area contributed by atoms with Crippen LogP contribution in [0.1, 0.15) is 49.3 Å². The van der Waals surface area contributed by atoms with E-state index in [0.29, 0.717) is 6.61 Å². The van der Waals surface area contributed by atoms with Gasteiger partial charge >= 0.3 is 0 Å². The summed E-state index contributed by atoms with van der Waals surface area (Å²) in [4.78, 5) is 0. The Hall–Kier alpha value is -2.04. The van der Waals surface area contributed by atoms with Crippen LogP contribution in [0.15, 0.2) is 48.5 Å². The maximum atomic E-state index is 11.1. The number of aliphatic hydroxyl groups is 1. The molecule has 2 aliphatic rings. The summed E-state index contributed by atoms with van der Waals surface area (Å²) in [6, 6.07) is 16.5. The van der Waals surface area contributed by atoms with Crippen LogP contribution in [-0.4, -0.2) is 24.4 Å². The van der Waals surface area contributed by atoms with E-state index in [9.17, 15) is 5.11 Å². The van der Waals surface area contributed by atoms with Crippen molar-refractivity contribution >= 4 is 0 Å². The molecular formula is C23H29NO3. The van der Waals surface area contributed by atoms with E-state index >= 15 is 0 Å². The highest BCUT2D eigenvalue weighted by Gasteiger charge is 2.45. The van der Waals surface area contributed by atoms with Crippen LogP contribution >= 0.6 is 0 Å². The van der Waals surface area contributed by atoms with Crippen molar-refractivity contribution in [1.82, 2.24) is 5.32 Å². The highest BCUT2D eigenvalue weighted by atomic mass is 16.5. The molecule has 0 spiro atoms. The number of benzene rings is 2. The molecule has 0 radical (unpaired) electrons. The molecule has 4 nitrogen and oxygen atoms in total. The van der Waals surface area contributed by atoms with Gasteiger partial charge in [-0.25, -0.2) is 0 Å². The molecular weight excluding hydrogens is 338 g/mol. The van der Waals surface area contributed by atoms with Crippen LogP contribution in [0.25, 0.3) is 0 Å². The number of hydrogen-bond donors (Lipinski definition) is 2. The van der Waals surface area contributed by atoms with Crippen molar-refractivity contribution in [2.24, 2.45) is 5.92 Å². The molecule has 1 saturated heterocycles. The molecule has 3 atom stereocenters. The van der Waals surface area contributed by atoms with E-state index in [0.717, 1.165) is 49.3 Å². The van der Waals surface area contributed by atoms with Gasteiger partial charge in [-0.15, -0.1) is 0 Å². The minimum absolute atomic E-state index is 0.168. The minimum Gasteiger partial charge on any atom is -0.493 e. The number of piperidine rings is 1. The molecule has 1 aliphatic carbocycles. The third-order valence-corrected chi connectivity index (χ3v) is 6.17. The first kappa shape index (κ1) is 18.3. The smallest absolute Gasteiger partial charge is 0.161 e. The van der Waals surface area contributed by atoms with Crippen molar-refractivity contribution in [2.75, 3.05) is 13.7 Å². The molecule has 2 aromatic carbocycles. The fourth-order valence-corrected chi connectivity index (χ4v) is 4.71. The van der Waals surface area contributed by atoms with Crippen molar-refractivity contribution in [1.29, 1.82) is 0 Å². The van der Waals surface area contributed by atoms with Gasteiger partial charge in [-0.1, -0.05) is 49.2 Å². The second-order valence-corrected chi connectivity index (χ2v) is 7.82. The SMILES string of the molecule is COc1cc([C@@H]2NCC[C@]3(O)CCCC[C@H]23)ccc1OCc1ccccc1. The topological polar surface area (TPSA) is 50.7 Å². The number of nitrogens with one attached hydrogen (secondary N) is 1. The van der Waals surface area contributed by atoms with Crippen LogP contribution < -0.4 is 14.8 Å². The normalized spacial score (nSPS) is 27.6. The first-order valence-corrected chi connectivity index (χ1v) is 10.00. The van der Waals surface area contributed by atoms with Gasteiger partial charge in [0, 0.05) is 12.0 Å². The maximum Gasteiger partial charge on any atom is 0.161 e. The minimum atomic E-state index is -0.524. The highest BCUT2D eigenvalue weighted by Crippen LogP contribution is 2.46. The zero-order chi connectivity index (χ0) is 18.7. The summed E-state index contributed by atoms with van der Waals surface area (Å²) in [5, 5.41) is 14.8. The third-order valence-electron chi connectivity index (χ3n) is 6.17. The Kier molecular flexibility index (Phi) is 5.37. The molecule has 0 aromatic heterocycles. The fraction of sp³-hybridized carbons (Fsp3) is 0.478. The van der Waals surface area contributed by atoms with Crippen LogP contribution in [0.2, 0.25) is 0 Å². The van der Waals surface area contributed by atoms with Gasteiger partial charge in [-0.3, -0.25) is 0 Å². The van der Waals surface area contributed by atoms with Crippen molar-refractivity contribution in [3.05, 3.63) is 59.7 Å². The van der Waals surface area contributed by atoms with Crippen LogP contribution in [0, 0.1) is 5.92 Å². The zero-order valence-electron chi connectivity index (χ0n) is 16.0. The number of rotatable bonds is 5. The molecule has 1 heterocycles. The molecule has 2 aromatic rings. The molecule has 1 saturated carbocycles. The fourth-order valence-electron chi connectivity index (χ4n) is 4.71. The van der Waals surface area contributed by atoms with Gasteiger partial charge in [-0.2, -0.15) is 0 Å². The lowest BCUT2D eigenvalue weighted by atomic mass is 9.67. The Bertz CT molecular complexity index is 759. The van der Waals surface area contributed by atoms with Crippen molar-refractivity contribution in [2.45, 2.75) is 50.4 Å². The van der Waals surface area contributed by atoms with E-state index in [1.165, 1.54) is 12.0 Å². The van der Waals surface area contributed by atoms with Gasteiger partial charge in [-0.05, 0) is 49.1 Å². The van der Waals surface area contributed by atoms with E-state index in [-0.39, 0.29) is 12.0 Å². The summed E-state index contributed by atoms with van der Waals surface area (Å²) in [7, 11) is 1.68.